The largest absolute Gasteiger partial charge is 0.490 e. The molecule has 2 aliphatic heterocycles. The second-order valence-electron chi connectivity index (χ2n) is 14.2. The van der Waals surface area contributed by atoms with Crippen molar-refractivity contribution in [3.05, 3.63) is 70.3 Å². The number of nitrogens with zero attached hydrogens (tertiary/aromatic N) is 1. The number of hydrogen-bond acceptors (Lipinski definition) is 5. The Kier molecular flexibility index (Phi) is 9.10. The van der Waals surface area contributed by atoms with Gasteiger partial charge >= 0.3 is 0 Å². The molecule has 2 aromatic carbocycles. The van der Waals surface area contributed by atoms with Gasteiger partial charge in [0.15, 0.2) is 0 Å². The number of benzene rings is 2. The van der Waals surface area contributed by atoms with E-state index in [9.17, 15) is 9.00 Å². The van der Waals surface area contributed by atoms with Gasteiger partial charge in [0.1, 0.15) is 5.75 Å². The molecule has 1 saturated carbocycles. The van der Waals surface area contributed by atoms with Crippen molar-refractivity contribution < 1.29 is 18.5 Å². The summed E-state index contributed by atoms with van der Waals surface area (Å²) in [5.41, 5.74) is 3.42. The first kappa shape index (κ1) is 32.5. The van der Waals surface area contributed by atoms with Crippen LogP contribution in [0.2, 0.25) is 5.02 Å². The lowest BCUT2D eigenvalue weighted by Gasteiger charge is -2.50. The quantitative estimate of drug-likeness (QED) is 0.277. The number of hydrogen-bond donors (Lipinski definition) is 1. The fourth-order valence-corrected chi connectivity index (χ4v) is 9.75. The molecule has 8 heteroatoms. The summed E-state index contributed by atoms with van der Waals surface area (Å²) in [6.07, 6.45) is 11.5. The summed E-state index contributed by atoms with van der Waals surface area (Å²) >= 11 is 6.46. The number of halogens is 1. The minimum atomic E-state index is -2.91. The lowest BCUT2D eigenvalue weighted by molar-refractivity contribution is -0.0861. The summed E-state index contributed by atoms with van der Waals surface area (Å²) in [5, 5.41) is 0.463. The number of carbonyl (C=O) groups is 1. The highest BCUT2D eigenvalue weighted by molar-refractivity contribution is 7.99. The van der Waals surface area contributed by atoms with Crippen LogP contribution in [0.5, 0.6) is 5.75 Å². The van der Waals surface area contributed by atoms with Crippen molar-refractivity contribution in [3.8, 4) is 5.75 Å². The van der Waals surface area contributed by atoms with Gasteiger partial charge in [-0.05, 0) is 124 Å². The van der Waals surface area contributed by atoms with Crippen molar-refractivity contribution in [2.45, 2.75) is 88.9 Å². The standard InChI is InChI=1S/C37H49ClN2O4S/c1-6-19-44-36(4)17-7-9-25(2)26(3)45(5,42)39-35(41)28-12-16-34-33(21-28)40(22-29-11-14-31(29)36)23-37(24-43-34)18-8-10-27-20-30(38)13-15-32(27)37/h7,12-13,15-17,20-21,25-26,29,31H,5-6,8-11,14,18-19,22-24H2,1-4H3,(H,39,41,42)/b17-7+/t25-,26+,29-,31+,36+,37-,45?/m0/s1. The molecule has 4 aliphatic rings. The van der Waals surface area contributed by atoms with E-state index in [0.717, 1.165) is 74.5 Å². The van der Waals surface area contributed by atoms with Crippen molar-refractivity contribution in [3.63, 3.8) is 0 Å². The van der Waals surface area contributed by atoms with Gasteiger partial charge in [0.2, 0.25) is 0 Å². The predicted molar refractivity (Wildman–Crippen MR) is 186 cm³/mol. The van der Waals surface area contributed by atoms with Crippen LogP contribution in [0, 0.1) is 17.8 Å². The van der Waals surface area contributed by atoms with Crippen LogP contribution in [0.3, 0.4) is 0 Å². The highest BCUT2D eigenvalue weighted by atomic mass is 35.5. The molecule has 2 aromatic rings. The number of fused-ring (bicyclic) bond motifs is 4. The smallest absolute Gasteiger partial charge is 0.262 e. The summed E-state index contributed by atoms with van der Waals surface area (Å²) in [7, 11) is -2.91. The van der Waals surface area contributed by atoms with Crippen LogP contribution >= 0.6 is 11.6 Å². The molecule has 6 nitrogen and oxygen atoms in total. The van der Waals surface area contributed by atoms with E-state index < -0.39 is 15.3 Å². The molecular formula is C37H49ClN2O4S. The van der Waals surface area contributed by atoms with Gasteiger partial charge in [0.05, 0.1) is 27.6 Å². The zero-order valence-corrected chi connectivity index (χ0v) is 28.9. The van der Waals surface area contributed by atoms with Crippen molar-refractivity contribution in [1.29, 1.82) is 0 Å². The Balaban J connectivity index is 1.44. The molecule has 2 bridgehead atoms. The number of aryl methyl sites for hydroxylation is 1. The number of amides is 1. The van der Waals surface area contributed by atoms with E-state index in [1.807, 2.05) is 25.1 Å². The maximum atomic E-state index is 13.8. The monoisotopic (exact) mass is 652 g/mol. The molecule has 0 aromatic heterocycles. The summed E-state index contributed by atoms with van der Waals surface area (Å²) in [5.74, 6) is 5.29. The van der Waals surface area contributed by atoms with Gasteiger partial charge in [0, 0.05) is 40.9 Å². The highest BCUT2D eigenvalue weighted by Crippen LogP contribution is 2.49. The minimum Gasteiger partial charge on any atom is -0.490 e. The molecule has 1 unspecified atom stereocenters. The molecule has 0 saturated heterocycles. The van der Waals surface area contributed by atoms with Crippen LogP contribution in [0.15, 0.2) is 48.6 Å². The van der Waals surface area contributed by atoms with Crippen molar-refractivity contribution in [1.82, 2.24) is 4.72 Å². The maximum Gasteiger partial charge on any atom is 0.262 e. The highest BCUT2D eigenvalue weighted by Gasteiger charge is 2.47. The SMILES string of the molecule is C=S1(=O)NC(=O)c2ccc3c(c2)N(C[C@@H]2CC[C@H]2[C@](C)(OCCC)/C=C/C[C@H](C)[C@H]1C)C[C@@]1(CCCc2cc(Cl)ccc21)CO3. The van der Waals surface area contributed by atoms with Crippen LogP contribution < -0.4 is 14.4 Å². The number of nitrogens with one attached hydrogen (secondary N) is 1. The molecule has 244 valence electrons. The molecule has 0 radical (unpaired) electrons. The molecule has 6 rings (SSSR count). The van der Waals surface area contributed by atoms with Gasteiger partial charge in [-0.25, -0.2) is 4.21 Å². The molecule has 7 atom stereocenters. The Hall–Kier alpha value is -2.48. The summed E-state index contributed by atoms with van der Waals surface area (Å²) in [6.45, 7) is 11.3. The van der Waals surface area contributed by atoms with Gasteiger partial charge < -0.3 is 14.4 Å². The van der Waals surface area contributed by atoms with Crippen LogP contribution in [-0.2, 0) is 26.3 Å². The molecular weight excluding hydrogens is 604 g/mol. The number of ether oxygens (including phenoxy) is 2. The maximum absolute atomic E-state index is 13.8. The van der Waals surface area contributed by atoms with E-state index in [-0.39, 0.29) is 22.5 Å². The van der Waals surface area contributed by atoms with Crippen molar-refractivity contribution in [2.24, 2.45) is 17.8 Å². The molecule has 1 N–H and O–H groups in total. The van der Waals surface area contributed by atoms with Crippen LogP contribution in [0.25, 0.3) is 0 Å². The predicted octanol–water partition coefficient (Wildman–Crippen LogP) is 7.37. The third-order valence-electron chi connectivity index (χ3n) is 11.1. The fourth-order valence-electron chi connectivity index (χ4n) is 8.07. The summed E-state index contributed by atoms with van der Waals surface area (Å²) in [6, 6.07) is 12.0. The van der Waals surface area contributed by atoms with Crippen molar-refractivity contribution in [2.75, 3.05) is 31.2 Å². The van der Waals surface area contributed by atoms with E-state index in [4.69, 9.17) is 21.1 Å². The Morgan fingerprint density at radius 3 is 2.78 bits per heavy atom. The second-order valence-corrected chi connectivity index (χ2v) is 17.1. The lowest BCUT2D eigenvalue weighted by atomic mass is 9.64. The Labute approximate surface area is 275 Å². The number of anilines is 1. The van der Waals surface area contributed by atoms with Gasteiger partial charge in [-0.2, -0.15) is 0 Å². The molecule has 2 heterocycles. The van der Waals surface area contributed by atoms with E-state index in [0.29, 0.717) is 30.6 Å². The van der Waals surface area contributed by atoms with Crippen LogP contribution in [0.1, 0.15) is 87.7 Å². The first-order valence-corrected chi connectivity index (χ1v) is 18.9. The Morgan fingerprint density at radius 1 is 1.20 bits per heavy atom. The Bertz CT molecular complexity index is 1570. The molecule has 2 aliphatic carbocycles. The molecule has 1 fully saturated rings. The van der Waals surface area contributed by atoms with Crippen LogP contribution in [0.4, 0.5) is 5.69 Å². The number of rotatable bonds is 3. The van der Waals surface area contributed by atoms with Gasteiger partial charge in [0.25, 0.3) is 5.91 Å². The molecule has 1 spiro atoms. The topological polar surface area (TPSA) is 67.9 Å². The second kappa shape index (κ2) is 12.6. The van der Waals surface area contributed by atoms with Gasteiger partial charge in [-0.15, -0.1) is 0 Å². The third-order valence-corrected chi connectivity index (χ3v) is 13.6. The lowest BCUT2D eigenvalue weighted by Crippen LogP contribution is -2.52. The number of carbonyl (C=O) groups excluding carboxylic acids is 1. The molecule has 1 amide bonds. The zero-order chi connectivity index (χ0) is 32.0. The van der Waals surface area contributed by atoms with Crippen molar-refractivity contribution >= 4 is 38.8 Å². The average molecular weight is 653 g/mol. The first-order valence-electron chi connectivity index (χ1n) is 16.8. The van der Waals surface area contributed by atoms with Gasteiger partial charge in [-0.1, -0.05) is 43.7 Å². The molecule has 45 heavy (non-hydrogen) atoms. The van der Waals surface area contributed by atoms with E-state index in [1.54, 1.807) is 6.07 Å². The Morgan fingerprint density at radius 2 is 2.02 bits per heavy atom. The summed E-state index contributed by atoms with van der Waals surface area (Å²) < 4.78 is 29.9. The average Bonchev–Trinajstić information content (AvgIpc) is 3.14. The minimum absolute atomic E-state index is 0.0625. The normalized spacial score (nSPS) is 35.7. The third kappa shape index (κ3) is 6.29. The van der Waals surface area contributed by atoms with Gasteiger partial charge in [-0.3, -0.25) is 9.52 Å². The first-order chi connectivity index (χ1) is 21.4. The van der Waals surface area contributed by atoms with E-state index >= 15 is 0 Å². The van der Waals surface area contributed by atoms with E-state index in [1.165, 1.54) is 11.1 Å². The summed E-state index contributed by atoms with van der Waals surface area (Å²) in [4.78, 5) is 16.1. The fraction of sp³-hybridized carbons (Fsp3) is 0.568. The zero-order valence-electron chi connectivity index (χ0n) is 27.3. The van der Waals surface area contributed by atoms with E-state index in [2.05, 4.69) is 60.5 Å². The van der Waals surface area contributed by atoms with Crippen LogP contribution in [-0.4, -0.2) is 53.1 Å². The number of allylic oxidation sites excluding steroid dienone is 1.